The van der Waals surface area contributed by atoms with E-state index in [4.69, 9.17) is 16.3 Å². The molecular weight excluding hydrogens is 318 g/mol. The van der Waals surface area contributed by atoms with Crippen LogP contribution in [0.1, 0.15) is 25.0 Å². The van der Waals surface area contributed by atoms with Crippen LogP contribution in [0.15, 0.2) is 66.7 Å². The average Bonchev–Trinajstić information content (AvgIpc) is 2.55. The number of nitrogens with one attached hydrogen (secondary N) is 1. The van der Waals surface area contributed by atoms with Crippen molar-refractivity contribution in [3.8, 4) is 11.5 Å². The number of rotatable bonds is 2. The monoisotopic (exact) mass is 335 g/mol. The van der Waals surface area contributed by atoms with Crippen molar-refractivity contribution >= 4 is 23.0 Å². The highest BCUT2D eigenvalue weighted by Crippen LogP contribution is 2.51. The van der Waals surface area contributed by atoms with E-state index in [1.165, 1.54) is 0 Å². The summed E-state index contributed by atoms with van der Waals surface area (Å²) in [4.78, 5) is 0. The van der Waals surface area contributed by atoms with Crippen LogP contribution in [0.4, 0.5) is 11.4 Å². The molecule has 0 saturated heterocycles. The average molecular weight is 336 g/mol. The molecule has 120 valence electrons. The highest BCUT2D eigenvalue weighted by atomic mass is 35.5. The first kappa shape index (κ1) is 15.1. The van der Waals surface area contributed by atoms with E-state index in [0.717, 1.165) is 39.0 Å². The molecule has 24 heavy (non-hydrogen) atoms. The Morgan fingerprint density at radius 2 is 1.46 bits per heavy atom. The van der Waals surface area contributed by atoms with Crippen LogP contribution in [0.2, 0.25) is 5.02 Å². The molecule has 3 aromatic rings. The largest absolute Gasteiger partial charge is 0.457 e. The summed E-state index contributed by atoms with van der Waals surface area (Å²) in [5.74, 6) is 1.67. The van der Waals surface area contributed by atoms with Gasteiger partial charge in [0.05, 0.1) is 0 Å². The fourth-order valence-corrected chi connectivity index (χ4v) is 3.92. The van der Waals surface area contributed by atoms with Crippen molar-refractivity contribution < 1.29 is 4.74 Å². The Labute approximate surface area is 147 Å². The molecule has 0 unspecified atom stereocenters. The molecule has 0 saturated carbocycles. The molecule has 1 aliphatic rings. The summed E-state index contributed by atoms with van der Waals surface area (Å²) in [6, 6.07) is 21.9. The predicted molar refractivity (Wildman–Crippen MR) is 99.8 cm³/mol. The smallest absolute Gasteiger partial charge is 0.133 e. The van der Waals surface area contributed by atoms with E-state index in [1.807, 2.05) is 54.6 Å². The van der Waals surface area contributed by atoms with Crippen molar-refractivity contribution in [2.45, 2.75) is 19.3 Å². The van der Waals surface area contributed by atoms with Gasteiger partial charge in [0.25, 0.3) is 0 Å². The number of para-hydroxylation sites is 1. The Balaban J connectivity index is 1.88. The summed E-state index contributed by atoms with van der Waals surface area (Å²) >= 11 is 6.52. The zero-order valence-corrected chi connectivity index (χ0v) is 14.4. The summed E-state index contributed by atoms with van der Waals surface area (Å²) in [6.07, 6.45) is 0. The first-order valence-electron chi connectivity index (χ1n) is 8.00. The molecule has 4 rings (SSSR count). The van der Waals surface area contributed by atoms with E-state index in [9.17, 15) is 0 Å². The molecule has 1 aliphatic heterocycles. The normalized spacial score (nSPS) is 14.3. The van der Waals surface area contributed by atoms with E-state index in [2.05, 4.69) is 31.3 Å². The first-order chi connectivity index (χ1) is 11.6. The molecule has 3 heteroatoms. The van der Waals surface area contributed by atoms with Gasteiger partial charge in [0, 0.05) is 32.9 Å². The maximum atomic E-state index is 6.52. The molecule has 0 atom stereocenters. The van der Waals surface area contributed by atoms with E-state index in [0.29, 0.717) is 0 Å². The van der Waals surface area contributed by atoms with Crippen LogP contribution in [0.5, 0.6) is 11.5 Å². The van der Waals surface area contributed by atoms with Gasteiger partial charge in [0.15, 0.2) is 0 Å². The van der Waals surface area contributed by atoms with Crippen molar-refractivity contribution in [1.29, 1.82) is 0 Å². The molecule has 2 nitrogen and oxygen atoms in total. The summed E-state index contributed by atoms with van der Waals surface area (Å²) < 4.78 is 6.18. The minimum atomic E-state index is -0.264. The lowest BCUT2D eigenvalue weighted by Crippen LogP contribution is -2.27. The molecule has 3 aromatic carbocycles. The van der Waals surface area contributed by atoms with Gasteiger partial charge in [-0.25, -0.2) is 0 Å². The van der Waals surface area contributed by atoms with E-state index in [1.54, 1.807) is 0 Å². The molecule has 0 aliphatic carbocycles. The second kappa shape index (κ2) is 5.57. The number of benzene rings is 3. The Hall–Kier alpha value is -2.45. The van der Waals surface area contributed by atoms with E-state index >= 15 is 0 Å². The molecule has 0 bridgehead atoms. The van der Waals surface area contributed by atoms with Gasteiger partial charge in [-0.3, -0.25) is 0 Å². The summed E-state index contributed by atoms with van der Waals surface area (Å²) in [6.45, 7) is 4.38. The lowest BCUT2D eigenvalue weighted by Gasteiger charge is -2.37. The van der Waals surface area contributed by atoms with Crippen LogP contribution < -0.4 is 10.1 Å². The first-order valence-corrected chi connectivity index (χ1v) is 8.37. The molecule has 1 N–H and O–H groups in total. The second-order valence-corrected chi connectivity index (χ2v) is 6.91. The highest BCUT2D eigenvalue weighted by Gasteiger charge is 2.37. The van der Waals surface area contributed by atoms with Crippen LogP contribution in [0.25, 0.3) is 0 Å². The van der Waals surface area contributed by atoms with Crippen LogP contribution in [0.3, 0.4) is 0 Å². The molecule has 1 heterocycles. The standard InChI is InChI=1S/C21H18ClNO/c1-21(2)19-15(22)10-6-11-16(19)23-17-12-7-13-18(20(17)21)24-14-8-4-3-5-9-14/h3-13,23H,1-2H3. The summed E-state index contributed by atoms with van der Waals surface area (Å²) in [5, 5.41) is 4.27. The number of halogens is 1. The Bertz CT molecular complexity index is 903. The highest BCUT2D eigenvalue weighted by molar-refractivity contribution is 6.32. The number of ether oxygens (including phenoxy) is 1. The number of anilines is 2. The maximum absolute atomic E-state index is 6.52. The van der Waals surface area contributed by atoms with Gasteiger partial charge in [-0.15, -0.1) is 0 Å². The third kappa shape index (κ3) is 2.35. The van der Waals surface area contributed by atoms with Crippen molar-refractivity contribution in [2.75, 3.05) is 5.32 Å². The third-order valence-corrected chi connectivity index (χ3v) is 4.85. The zero-order valence-electron chi connectivity index (χ0n) is 13.6. The molecule has 0 radical (unpaired) electrons. The summed E-state index contributed by atoms with van der Waals surface area (Å²) in [7, 11) is 0. The SMILES string of the molecule is CC1(C)c2c(Cl)cccc2Nc2cccc(Oc3ccccc3)c21. The molecule has 0 spiro atoms. The molecular formula is C21H18ClNO. The topological polar surface area (TPSA) is 21.3 Å². The van der Waals surface area contributed by atoms with Gasteiger partial charge >= 0.3 is 0 Å². The Morgan fingerprint density at radius 3 is 2.21 bits per heavy atom. The van der Waals surface area contributed by atoms with Gasteiger partial charge in [0.2, 0.25) is 0 Å². The Kier molecular flexibility index (Phi) is 3.50. The number of hydrogen-bond donors (Lipinski definition) is 1. The van der Waals surface area contributed by atoms with E-state index in [-0.39, 0.29) is 5.41 Å². The lowest BCUT2D eigenvalue weighted by molar-refractivity contribution is 0.462. The number of fused-ring (bicyclic) bond motifs is 2. The fraction of sp³-hybridized carbons (Fsp3) is 0.143. The Morgan fingerprint density at radius 1 is 0.792 bits per heavy atom. The van der Waals surface area contributed by atoms with Crippen molar-refractivity contribution in [3.05, 3.63) is 82.9 Å². The predicted octanol–water partition coefficient (Wildman–Crippen LogP) is 6.52. The zero-order chi connectivity index (χ0) is 16.7. The molecule has 0 amide bonds. The van der Waals surface area contributed by atoms with E-state index < -0.39 is 0 Å². The lowest BCUT2D eigenvalue weighted by atomic mass is 9.74. The van der Waals surface area contributed by atoms with Gasteiger partial charge < -0.3 is 10.1 Å². The van der Waals surface area contributed by atoms with Gasteiger partial charge in [-0.2, -0.15) is 0 Å². The second-order valence-electron chi connectivity index (χ2n) is 6.51. The number of hydrogen-bond acceptors (Lipinski definition) is 2. The minimum Gasteiger partial charge on any atom is -0.457 e. The minimum absolute atomic E-state index is 0.264. The van der Waals surface area contributed by atoms with Crippen LogP contribution >= 0.6 is 11.6 Å². The quantitative estimate of drug-likeness (QED) is 0.576. The van der Waals surface area contributed by atoms with Crippen LogP contribution in [-0.2, 0) is 5.41 Å². The third-order valence-electron chi connectivity index (χ3n) is 4.53. The van der Waals surface area contributed by atoms with Crippen molar-refractivity contribution in [2.24, 2.45) is 0 Å². The van der Waals surface area contributed by atoms with Gasteiger partial charge in [-0.05, 0) is 36.4 Å². The van der Waals surface area contributed by atoms with Gasteiger partial charge in [-0.1, -0.05) is 55.8 Å². The van der Waals surface area contributed by atoms with Crippen LogP contribution in [-0.4, -0.2) is 0 Å². The van der Waals surface area contributed by atoms with Crippen molar-refractivity contribution in [3.63, 3.8) is 0 Å². The van der Waals surface area contributed by atoms with Crippen molar-refractivity contribution in [1.82, 2.24) is 0 Å². The molecule has 0 aromatic heterocycles. The van der Waals surface area contributed by atoms with Crippen LogP contribution in [0, 0.1) is 0 Å². The molecule has 0 fully saturated rings. The van der Waals surface area contributed by atoms with Gasteiger partial charge in [0.1, 0.15) is 11.5 Å². The maximum Gasteiger partial charge on any atom is 0.133 e. The summed E-state index contributed by atoms with van der Waals surface area (Å²) in [5.41, 5.74) is 4.07. The fourth-order valence-electron chi connectivity index (χ4n) is 3.51.